The topological polar surface area (TPSA) is 22.4 Å². The molecule has 78 valence electrons. The van der Waals surface area contributed by atoms with Crippen molar-refractivity contribution in [3.05, 3.63) is 53.7 Å². The third-order valence-electron chi connectivity index (χ3n) is 2.12. The molecular formula is C12H11FO2. The first kappa shape index (κ1) is 9.77. The first-order chi connectivity index (χ1) is 7.25. The van der Waals surface area contributed by atoms with Gasteiger partial charge in [-0.1, -0.05) is 0 Å². The third kappa shape index (κ3) is 2.37. The minimum atomic E-state index is -0.217. The second-order valence-electron chi connectivity index (χ2n) is 3.33. The minimum absolute atomic E-state index is 0.217. The van der Waals surface area contributed by atoms with Crippen LogP contribution in [0.4, 0.5) is 4.39 Å². The van der Waals surface area contributed by atoms with Crippen molar-refractivity contribution in [1.29, 1.82) is 0 Å². The molecule has 0 amide bonds. The van der Waals surface area contributed by atoms with Gasteiger partial charge in [-0.05, 0) is 36.8 Å². The number of hydrogen-bond acceptors (Lipinski definition) is 2. The summed E-state index contributed by atoms with van der Waals surface area (Å²) in [7, 11) is 0. The number of halogens is 1. The summed E-state index contributed by atoms with van der Waals surface area (Å²) in [6, 6.07) is 6.52. The van der Waals surface area contributed by atoms with Gasteiger partial charge in [-0.2, -0.15) is 0 Å². The van der Waals surface area contributed by atoms with Crippen molar-refractivity contribution < 1.29 is 13.5 Å². The molecule has 0 unspecified atom stereocenters. The summed E-state index contributed by atoms with van der Waals surface area (Å²) in [5, 5.41) is 0. The van der Waals surface area contributed by atoms with Crippen molar-refractivity contribution in [2.45, 2.75) is 13.5 Å². The molecule has 0 saturated heterocycles. The Labute approximate surface area is 87.3 Å². The fourth-order valence-electron chi connectivity index (χ4n) is 1.25. The highest BCUT2D eigenvalue weighted by Gasteiger charge is 2.00. The van der Waals surface area contributed by atoms with Crippen molar-refractivity contribution in [2.24, 2.45) is 0 Å². The Morgan fingerprint density at radius 3 is 2.87 bits per heavy atom. The molecule has 0 radical (unpaired) electrons. The van der Waals surface area contributed by atoms with Gasteiger partial charge in [0.15, 0.2) is 0 Å². The summed E-state index contributed by atoms with van der Waals surface area (Å²) in [6.45, 7) is 2.14. The van der Waals surface area contributed by atoms with E-state index in [-0.39, 0.29) is 5.82 Å². The molecule has 2 aromatic rings. The summed E-state index contributed by atoms with van der Waals surface area (Å²) in [5.74, 6) is 0.445. The summed E-state index contributed by atoms with van der Waals surface area (Å²) >= 11 is 0. The van der Waals surface area contributed by atoms with Gasteiger partial charge in [0.25, 0.3) is 0 Å². The number of benzene rings is 1. The van der Waals surface area contributed by atoms with E-state index >= 15 is 0 Å². The Morgan fingerprint density at radius 1 is 1.33 bits per heavy atom. The average molecular weight is 206 g/mol. The van der Waals surface area contributed by atoms with Crippen molar-refractivity contribution in [3.63, 3.8) is 0 Å². The lowest BCUT2D eigenvalue weighted by Gasteiger charge is -2.05. The zero-order chi connectivity index (χ0) is 10.7. The van der Waals surface area contributed by atoms with Gasteiger partial charge in [0, 0.05) is 5.56 Å². The molecular weight excluding hydrogens is 195 g/mol. The zero-order valence-corrected chi connectivity index (χ0v) is 8.37. The first-order valence-corrected chi connectivity index (χ1v) is 4.66. The molecule has 3 heteroatoms. The van der Waals surface area contributed by atoms with Gasteiger partial charge in [0.05, 0.1) is 12.5 Å². The lowest BCUT2D eigenvalue weighted by Crippen LogP contribution is -1.94. The standard InChI is InChI=1S/C12H11FO2/c1-9-6-11(2-3-12(9)13)15-8-10-4-5-14-7-10/h2-7H,8H2,1H3. The molecule has 0 spiro atoms. The summed E-state index contributed by atoms with van der Waals surface area (Å²) in [5.41, 5.74) is 1.54. The first-order valence-electron chi connectivity index (χ1n) is 4.66. The molecule has 2 nitrogen and oxygen atoms in total. The van der Waals surface area contributed by atoms with Crippen LogP contribution in [-0.2, 0) is 6.61 Å². The molecule has 2 rings (SSSR count). The SMILES string of the molecule is Cc1cc(OCc2ccoc2)ccc1F. The Balaban J connectivity index is 2.02. The van der Waals surface area contributed by atoms with E-state index in [0.717, 1.165) is 5.56 Å². The maximum absolute atomic E-state index is 12.9. The summed E-state index contributed by atoms with van der Waals surface area (Å²) in [6.07, 6.45) is 3.21. The average Bonchev–Trinajstić information content (AvgIpc) is 2.73. The van der Waals surface area contributed by atoms with Gasteiger partial charge < -0.3 is 9.15 Å². The molecule has 0 bridgehead atoms. The molecule has 1 heterocycles. The number of rotatable bonds is 3. The molecule has 0 N–H and O–H groups in total. The number of furan rings is 1. The molecule has 0 aliphatic heterocycles. The van der Waals surface area contributed by atoms with E-state index in [9.17, 15) is 4.39 Å². The zero-order valence-electron chi connectivity index (χ0n) is 8.37. The maximum atomic E-state index is 12.9. The molecule has 0 atom stereocenters. The van der Waals surface area contributed by atoms with Gasteiger partial charge in [0.1, 0.15) is 18.2 Å². The van der Waals surface area contributed by atoms with Crippen LogP contribution in [0.3, 0.4) is 0 Å². The second-order valence-corrected chi connectivity index (χ2v) is 3.33. The summed E-state index contributed by atoms with van der Waals surface area (Å²) in [4.78, 5) is 0. The van der Waals surface area contributed by atoms with Crippen LogP contribution in [0, 0.1) is 12.7 Å². The van der Waals surface area contributed by atoms with E-state index in [1.165, 1.54) is 6.07 Å². The number of hydrogen-bond donors (Lipinski definition) is 0. The van der Waals surface area contributed by atoms with Gasteiger partial charge in [0.2, 0.25) is 0 Å². The smallest absolute Gasteiger partial charge is 0.126 e. The predicted octanol–water partition coefficient (Wildman–Crippen LogP) is 3.31. The van der Waals surface area contributed by atoms with E-state index in [1.54, 1.807) is 31.6 Å². The van der Waals surface area contributed by atoms with Gasteiger partial charge in [-0.15, -0.1) is 0 Å². The van der Waals surface area contributed by atoms with E-state index in [0.29, 0.717) is 17.9 Å². The largest absolute Gasteiger partial charge is 0.489 e. The van der Waals surface area contributed by atoms with Crippen LogP contribution in [-0.4, -0.2) is 0 Å². The molecule has 0 fully saturated rings. The monoisotopic (exact) mass is 206 g/mol. The Bertz CT molecular complexity index is 435. The number of aryl methyl sites for hydroxylation is 1. The van der Waals surface area contributed by atoms with Crippen LogP contribution in [0.15, 0.2) is 41.2 Å². The van der Waals surface area contributed by atoms with Crippen molar-refractivity contribution >= 4 is 0 Å². The van der Waals surface area contributed by atoms with Crippen LogP contribution in [0.2, 0.25) is 0 Å². The van der Waals surface area contributed by atoms with Gasteiger partial charge in [-0.3, -0.25) is 0 Å². The van der Waals surface area contributed by atoms with E-state index in [4.69, 9.17) is 9.15 Å². The van der Waals surface area contributed by atoms with Crippen LogP contribution in [0.5, 0.6) is 5.75 Å². The van der Waals surface area contributed by atoms with Crippen LogP contribution in [0.1, 0.15) is 11.1 Å². The summed E-state index contributed by atoms with van der Waals surface area (Å²) < 4.78 is 23.3. The number of ether oxygens (including phenoxy) is 1. The van der Waals surface area contributed by atoms with E-state index in [2.05, 4.69) is 0 Å². The molecule has 1 aromatic carbocycles. The molecule has 0 saturated carbocycles. The van der Waals surface area contributed by atoms with E-state index in [1.807, 2.05) is 6.07 Å². The third-order valence-corrected chi connectivity index (χ3v) is 2.12. The van der Waals surface area contributed by atoms with Crippen molar-refractivity contribution in [1.82, 2.24) is 0 Å². The van der Waals surface area contributed by atoms with Crippen LogP contribution in [0.25, 0.3) is 0 Å². The Morgan fingerprint density at radius 2 is 2.20 bits per heavy atom. The quantitative estimate of drug-likeness (QED) is 0.768. The van der Waals surface area contributed by atoms with Crippen LogP contribution < -0.4 is 4.74 Å². The fourth-order valence-corrected chi connectivity index (χ4v) is 1.25. The lowest BCUT2D eigenvalue weighted by atomic mass is 10.2. The highest BCUT2D eigenvalue weighted by Crippen LogP contribution is 2.17. The fraction of sp³-hybridized carbons (Fsp3) is 0.167. The molecule has 0 aliphatic rings. The molecule has 1 aromatic heterocycles. The maximum Gasteiger partial charge on any atom is 0.126 e. The van der Waals surface area contributed by atoms with Crippen molar-refractivity contribution in [2.75, 3.05) is 0 Å². The van der Waals surface area contributed by atoms with E-state index < -0.39 is 0 Å². The van der Waals surface area contributed by atoms with Gasteiger partial charge >= 0.3 is 0 Å². The van der Waals surface area contributed by atoms with Crippen LogP contribution >= 0.6 is 0 Å². The second kappa shape index (κ2) is 4.17. The minimum Gasteiger partial charge on any atom is -0.489 e. The molecule has 0 aliphatic carbocycles. The Hall–Kier alpha value is -1.77. The normalized spacial score (nSPS) is 10.3. The Kier molecular flexibility index (Phi) is 2.72. The molecule has 15 heavy (non-hydrogen) atoms. The lowest BCUT2D eigenvalue weighted by molar-refractivity contribution is 0.304. The van der Waals surface area contributed by atoms with Gasteiger partial charge in [-0.25, -0.2) is 4.39 Å². The van der Waals surface area contributed by atoms with Crippen molar-refractivity contribution in [3.8, 4) is 5.75 Å². The highest BCUT2D eigenvalue weighted by atomic mass is 19.1. The predicted molar refractivity (Wildman–Crippen MR) is 54.2 cm³/mol. The highest BCUT2D eigenvalue weighted by molar-refractivity contribution is 5.29.